The first kappa shape index (κ1) is 28.1. The minimum atomic E-state index is -0.464. The van der Waals surface area contributed by atoms with Crippen LogP contribution in [0.15, 0.2) is 28.9 Å². The smallest absolute Gasteiger partial charge is 0.254 e. The first-order valence-electron chi connectivity index (χ1n) is 14.5. The number of hydrogen-bond acceptors (Lipinski definition) is 6. The van der Waals surface area contributed by atoms with Crippen molar-refractivity contribution in [2.24, 2.45) is 16.8 Å². The van der Waals surface area contributed by atoms with E-state index in [0.717, 1.165) is 50.0 Å². The van der Waals surface area contributed by atoms with Crippen LogP contribution in [0.1, 0.15) is 81.4 Å². The van der Waals surface area contributed by atoms with Gasteiger partial charge in [-0.05, 0) is 85.7 Å². The van der Waals surface area contributed by atoms with E-state index in [-0.39, 0.29) is 42.1 Å². The van der Waals surface area contributed by atoms with E-state index < -0.39 is 5.92 Å². The van der Waals surface area contributed by atoms with Crippen molar-refractivity contribution in [1.29, 1.82) is 0 Å². The molecule has 0 saturated carbocycles. The summed E-state index contributed by atoms with van der Waals surface area (Å²) in [5.74, 6) is -0.382. The first-order chi connectivity index (χ1) is 19.1. The average Bonchev–Trinajstić information content (AvgIpc) is 3.36. The molecule has 40 heavy (non-hydrogen) atoms. The van der Waals surface area contributed by atoms with E-state index in [4.69, 9.17) is 4.98 Å². The van der Waals surface area contributed by atoms with Gasteiger partial charge in [0.05, 0.1) is 23.1 Å². The summed E-state index contributed by atoms with van der Waals surface area (Å²) in [4.78, 5) is 52.5. The number of pyridine rings is 1. The lowest BCUT2D eigenvalue weighted by Crippen LogP contribution is -2.44. The van der Waals surface area contributed by atoms with Crippen LogP contribution in [0.4, 0.5) is 0 Å². The van der Waals surface area contributed by atoms with Gasteiger partial charge in [-0.25, -0.2) is 14.7 Å². The molecule has 3 aliphatic rings. The molecule has 3 aliphatic heterocycles. The van der Waals surface area contributed by atoms with E-state index in [1.54, 1.807) is 13.1 Å². The highest BCUT2D eigenvalue weighted by atomic mass is 16.2. The van der Waals surface area contributed by atoms with Gasteiger partial charge < -0.3 is 15.1 Å². The van der Waals surface area contributed by atoms with Gasteiger partial charge in [0.25, 0.3) is 11.8 Å². The lowest BCUT2D eigenvalue weighted by atomic mass is 9.89. The van der Waals surface area contributed by atoms with E-state index in [1.165, 1.54) is 0 Å². The number of fused-ring (bicyclic) bond motifs is 1. The van der Waals surface area contributed by atoms with Gasteiger partial charge in [0.1, 0.15) is 0 Å². The molecule has 10 nitrogen and oxygen atoms in total. The highest BCUT2D eigenvalue weighted by Gasteiger charge is 2.32. The molecule has 2 aromatic rings. The third-order valence-corrected chi connectivity index (χ3v) is 8.65. The lowest BCUT2D eigenvalue weighted by molar-refractivity contribution is -0.138. The van der Waals surface area contributed by atoms with Gasteiger partial charge in [-0.15, -0.1) is 0 Å². The quantitative estimate of drug-likeness (QED) is 0.594. The van der Waals surface area contributed by atoms with Crippen molar-refractivity contribution in [2.45, 2.75) is 65.3 Å². The van der Waals surface area contributed by atoms with Crippen molar-refractivity contribution in [1.82, 2.24) is 29.9 Å². The van der Waals surface area contributed by atoms with Crippen molar-refractivity contribution in [3.8, 4) is 0 Å². The number of likely N-dealkylation sites (tertiary alicyclic amines) is 2. The molecule has 0 spiro atoms. The predicted octanol–water partition coefficient (Wildman–Crippen LogP) is 3.35. The van der Waals surface area contributed by atoms with Crippen LogP contribution in [-0.4, -0.2) is 87.8 Å². The summed E-state index contributed by atoms with van der Waals surface area (Å²) >= 11 is 0. The molecule has 0 aromatic carbocycles. The van der Waals surface area contributed by atoms with E-state index in [0.29, 0.717) is 35.4 Å². The minimum Gasteiger partial charge on any atom is -0.351 e. The summed E-state index contributed by atoms with van der Waals surface area (Å²) in [6.45, 7) is 11.3. The summed E-state index contributed by atoms with van der Waals surface area (Å²) < 4.78 is 1.85. The largest absolute Gasteiger partial charge is 0.351 e. The summed E-state index contributed by atoms with van der Waals surface area (Å²) in [6.07, 6.45) is 7.07. The molecule has 5 heterocycles. The number of piperidine rings is 2. The van der Waals surface area contributed by atoms with E-state index >= 15 is 0 Å². The lowest BCUT2D eigenvalue weighted by Gasteiger charge is -2.36. The molecule has 214 valence electrons. The Morgan fingerprint density at radius 1 is 1.07 bits per heavy atom. The molecular weight excluding hydrogens is 506 g/mol. The second kappa shape index (κ2) is 11.6. The highest BCUT2D eigenvalue weighted by molar-refractivity contribution is 6.07. The number of carbonyl (C=O) groups excluding carboxylic acids is 3. The molecule has 1 N–H and O–H groups in total. The molecule has 0 bridgehead atoms. The van der Waals surface area contributed by atoms with E-state index in [1.807, 2.05) is 42.5 Å². The molecule has 0 aliphatic carbocycles. The monoisotopic (exact) mass is 547 g/mol. The Hall–Kier alpha value is -3.40. The standard InChI is InChI=1S/C30H41N7O3/c1-18(2)37-27-25(17-32-37)23(28(38)31-16-24-19(3)14-20(4)33-29(24)39)15-26(34-27)21-8-12-36(13-9-21)30(40)22-6-10-35(5)11-7-22/h14-15,17-18,21-22,24H,6-13,16H2,1-5H3,(H,31,38). The fourth-order valence-corrected chi connectivity index (χ4v) is 6.17. The van der Waals surface area contributed by atoms with Gasteiger partial charge >= 0.3 is 0 Å². The van der Waals surface area contributed by atoms with Crippen molar-refractivity contribution in [3.63, 3.8) is 0 Å². The number of aliphatic imine (C=N–C) groups is 1. The van der Waals surface area contributed by atoms with Crippen molar-refractivity contribution < 1.29 is 14.4 Å². The summed E-state index contributed by atoms with van der Waals surface area (Å²) in [6, 6.07) is 1.97. The van der Waals surface area contributed by atoms with Crippen LogP contribution < -0.4 is 5.32 Å². The molecule has 2 aromatic heterocycles. The fraction of sp³-hybridized carbons (Fsp3) is 0.600. The van der Waals surface area contributed by atoms with Gasteiger partial charge in [-0.2, -0.15) is 5.10 Å². The van der Waals surface area contributed by atoms with Crippen LogP contribution in [0.5, 0.6) is 0 Å². The number of nitrogens with zero attached hydrogens (tertiary/aromatic N) is 6. The molecule has 10 heteroatoms. The second-order valence-electron chi connectivity index (χ2n) is 11.9. The van der Waals surface area contributed by atoms with Gasteiger partial charge in [-0.1, -0.05) is 5.57 Å². The number of rotatable bonds is 6. The first-order valence-corrected chi connectivity index (χ1v) is 14.5. The zero-order chi connectivity index (χ0) is 28.6. The molecule has 0 radical (unpaired) electrons. The highest BCUT2D eigenvalue weighted by Crippen LogP contribution is 2.32. The summed E-state index contributed by atoms with van der Waals surface area (Å²) in [5, 5.41) is 8.21. The Kier molecular flexibility index (Phi) is 8.16. The number of dihydropyridines is 1. The maximum absolute atomic E-state index is 13.5. The van der Waals surface area contributed by atoms with Crippen LogP contribution in [-0.2, 0) is 9.59 Å². The zero-order valence-electron chi connectivity index (χ0n) is 24.3. The van der Waals surface area contributed by atoms with Gasteiger partial charge in [0.15, 0.2) is 5.65 Å². The van der Waals surface area contributed by atoms with Crippen LogP contribution in [0, 0.1) is 11.8 Å². The summed E-state index contributed by atoms with van der Waals surface area (Å²) in [5.41, 5.74) is 3.64. The van der Waals surface area contributed by atoms with E-state index in [2.05, 4.69) is 27.4 Å². The Bertz CT molecular complexity index is 1360. The summed E-state index contributed by atoms with van der Waals surface area (Å²) in [7, 11) is 2.11. The maximum atomic E-state index is 13.5. The Morgan fingerprint density at radius 2 is 1.77 bits per heavy atom. The molecule has 5 rings (SSSR count). The number of nitrogens with one attached hydrogen (secondary N) is 1. The Morgan fingerprint density at radius 3 is 2.42 bits per heavy atom. The fourth-order valence-electron chi connectivity index (χ4n) is 6.17. The predicted molar refractivity (Wildman–Crippen MR) is 154 cm³/mol. The van der Waals surface area contributed by atoms with Crippen LogP contribution in [0.25, 0.3) is 11.0 Å². The number of carbonyl (C=O) groups is 3. The Labute approximate surface area is 235 Å². The molecule has 2 fully saturated rings. The van der Waals surface area contributed by atoms with Crippen molar-refractivity contribution in [2.75, 3.05) is 39.8 Å². The molecular formula is C30H41N7O3. The topological polar surface area (TPSA) is 113 Å². The van der Waals surface area contributed by atoms with Crippen LogP contribution >= 0.6 is 0 Å². The minimum absolute atomic E-state index is 0.0823. The molecule has 1 unspecified atom stereocenters. The second-order valence-corrected chi connectivity index (χ2v) is 11.9. The number of amides is 3. The van der Waals surface area contributed by atoms with E-state index in [9.17, 15) is 14.4 Å². The maximum Gasteiger partial charge on any atom is 0.254 e. The van der Waals surface area contributed by atoms with Gasteiger partial charge in [0.2, 0.25) is 5.91 Å². The number of aromatic nitrogens is 3. The third kappa shape index (κ3) is 5.73. The molecule has 3 amide bonds. The average molecular weight is 548 g/mol. The molecule has 1 atom stereocenters. The van der Waals surface area contributed by atoms with Crippen LogP contribution in [0.2, 0.25) is 0 Å². The Balaban J connectivity index is 1.33. The normalized spacial score (nSPS) is 21.6. The number of allylic oxidation sites excluding steroid dienone is 1. The zero-order valence-corrected chi connectivity index (χ0v) is 24.3. The number of hydrogen-bond donors (Lipinski definition) is 1. The SMILES string of the molecule is CC1=CC(C)=NC(=O)C1CNC(=O)c1cc(C2CCN(C(=O)C3CCN(C)CC3)CC2)nc2c1cnn2C(C)C. The van der Waals surface area contributed by atoms with Gasteiger partial charge in [-0.3, -0.25) is 14.4 Å². The van der Waals surface area contributed by atoms with Crippen molar-refractivity contribution in [3.05, 3.63) is 35.2 Å². The van der Waals surface area contributed by atoms with Crippen LogP contribution in [0.3, 0.4) is 0 Å². The van der Waals surface area contributed by atoms with Crippen molar-refractivity contribution >= 4 is 34.5 Å². The third-order valence-electron chi connectivity index (χ3n) is 8.65. The van der Waals surface area contributed by atoms with Gasteiger partial charge in [0, 0.05) is 48.9 Å². The molecule has 2 saturated heterocycles.